The lowest BCUT2D eigenvalue weighted by atomic mass is 10.1. The van der Waals surface area contributed by atoms with Gasteiger partial charge in [0, 0.05) is 23.4 Å². The second-order valence-electron chi connectivity index (χ2n) is 5.29. The number of alkyl halides is 3. The zero-order valence-corrected chi connectivity index (χ0v) is 14.5. The van der Waals surface area contributed by atoms with Gasteiger partial charge in [-0.15, -0.1) is 0 Å². The van der Waals surface area contributed by atoms with Crippen molar-refractivity contribution in [1.82, 2.24) is 4.98 Å². The van der Waals surface area contributed by atoms with Crippen molar-refractivity contribution >= 4 is 11.4 Å². The standard InChI is InChI=1S/C19H16F3N3O2/c1-26-14-7-13(8-15(10-14)27-2)4-3-12-5-6-25-17(9-12)16(23)11-18(24)19(20,21)22/h5-11,24H,23H2,1-2H3/b16-11-,24-18?. The van der Waals surface area contributed by atoms with Gasteiger partial charge >= 0.3 is 6.18 Å². The highest BCUT2D eigenvalue weighted by molar-refractivity contribution is 6.01. The van der Waals surface area contributed by atoms with Gasteiger partial charge < -0.3 is 15.2 Å². The molecule has 0 fully saturated rings. The lowest BCUT2D eigenvalue weighted by Gasteiger charge is -2.06. The molecule has 0 aliphatic carbocycles. The molecule has 27 heavy (non-hydrogen) atoms. The molecular formula is C19H16F3N3O2. The van der Waals surface area contributed by atoms with Crippen LogP contribution in [0.1, 0.15) is 16.8 Å². The summed E-state index contributed by atoms with van der Waals surface area (Å²) in [6.07, 6.45) is -2.87. The quantitative estimate of drug-likeness (QED) is 0.634. The summed E-state index contributed by atoms with van der Waals surface area (Å²) in [5, 5.41) is 6.98. The fourth-order valence-electron chi connectivity index (χ4n) is 2.00. The van der Waals surface area contributed by atoms with Gasteiger partial charge in [0.15, 0.2) is 0 Å². The smallest absolute Gasteiger partial charge is 0.432 e. The molecule has 0 saturated carbocycles. The molecule has 0 unspecified atom stereocenters. The van der Waals surface area contributed by atoms with E-state index in [1.54, 1.807) is 24.3 Å². The average Bonchev–Trinajstić information content (AvgIpc) is 2.65. The predicted molar refractivity (Wildman–Crippen MR) is 95.7 cm³/mol. The van der Waals surface area contributed by atoms with Gasteiger partial charge in [-0.1, -0.05) is 11.8 Å². The number of aromatic nitrogens is 1. The Morgan fingerprint density at radius 1 is 1.07 bits per heavy atom. The maximum absolute atomic E-state index is 12.4. The number of nitrogens with two attached hydrogens (primary N) is 1. The minimum absolute atomic E-state index is 0.0963. The molecular weight excluding hydrogens is 359 g/mol. The van der Waals surface area contributed by atoms with Crippen LogP contribution in [-0.4, -0.2) is 31.1 Å². The highest BCUT2D eigenvalue weighted by Gasteiger charge is 2.32. The van der Waals surface area contributed by atoms with Crippen LogP contribution in [0.25, 0.3) is 5.70 Å². The highest BCUT2D eigenvalue weighted by Crippen LogP contribution is 2.22. The first-order valence-electron chi connectivity index (χ1n) is 7.57. The molecule has 5 nitrogen and oxygen atoms in total. The maximum atomic E-state index is 12.4. The summed E-state index contributed by atoms with van der Waals surface area (Å²) in [6.45, 7) is 0. The fourth-order valence-corrected chi connectivity index (χ4v) is 2.00. The molecule has 0 aliphatic heterocycles. The molecule has 3 N–H and O–H groups in total. The van der Waals surface area contributed by atoms with E-state index in [9.17, 15) is 13.2 Å². The fraction of sp³-hybridized carbons (Fsp3) is 0.158. The van der Waals surface area contributed by atoms with Gasteiger partial charge in [0.1, 0.15) is 17.2 Å². The Kier molecular flexibility index (Phi) is 6.08. The number of nitrogens with one attached hydrogen (secondary N) is 1. The Balaban J connectivity index is 2.31. The number of methoxy groups -OCH3 is 2. The zero-order chi connectivity index (χ0) is 20.0. The van der Waals surface area contributed by atoms with Crippen molar-refractivity contribution in [2.24, 2.45) is 5.73 Å². The molecule has 2 aromatic rings. The molecule has 0 atom stereocenters. The summed E-state index contributed by atoms with van der Waals surface area (Å²) in [5.74, 6) is 6.96. The highest BCUT2D eigenvalue weighted by atomic mass is 19.4. The molecule has 0 radical (unpaired) electrons. The lowest BCUT2D eigenvalue weighted by Crippen LogP contribution is -2.20. The number of hydrogen-bond acceptors (Lipinski definition) is 5. The van der Waals surface area contributed by atoms with Crippen molar-refractivity contribution in [3.05, 3.63) is 59.4 Å². The van der Waals surface area contributed by atoms with Crippen LogP contribution in [0.2, 0.25) is 0 Å². The maximum Gasteiger partial charge on any atom is 0.432 e. The second-order valence-corrected chi connectivity index (χ2v) is 5.29. The van der Waals surface area contributed by atoms with Crippen LogP contribution in [0.5, 0.6) is 11.5 Å². The largest absolute Gasteiger partial charge is 0.497 e. The molecule has 0 aliphatic rings. The van der Waals surface area contributed by atoms with Gasteiger partial charge in [0.05, 0.1) is 25.6 Å². The van der Waals surface area contributed by atoms with Crippen LogP contribution in [0.4, 0.5) is 13.2 Å². The lowest BCUT2D eigenvalue weighted by molar-refractivity contribution is -0.0583. The first-order valence-corrected chi connectivity index (χ1v) is 7.57. The van der Waals surface area contributed by atoms with Crippen LogP contribution in [0, 0.1) is 17.3 Å². The van der Waals surface area contributed by atoms with E-state index < -0.39 is 11.9 Å². The third-order valence-electron chi connectivity index (χ3n) is 3.36. The minimum Gasteiger partial charge on any atom is -0.497 e. The summed E-state index contributed by atoms with van der Waals surface area (Å²) in [4.78, 5) is 3.92. The average molecular weight is 375 g/mol. The molecule has 0 saturated heterocycles. The Labute approximate surface area is 154 Å². The molecule has 0 spiro atoms. The molecule has 1 aromatic heterocycles. The Morgan fingerprint density at radius 3 is 2.22 bits per heavy atom. The first-order chi connectivity index (χ1) is 12.7. The zero-order valence-electron chi connectivity index (χ0n) is 14.5. The van der Waals surface area contributed by atoms with Gasteiger partial charge in [-0.25, -0.2) is 0 Å². The SMILES string of the molecule is COc1cc(C#Cc2ccnc(/C(N)=C/C(=N)C(F)(F)F)c2)cc(OC)c1. The Hall–Kier alpha value is -3.47. The van der Waals surface area contributed by atoms with E-state index in [1.807, 2.05) is 0 Å². The van der Waals surface area contributed by atoms with E-state index in [-0.39, 0.29) is 11.4 Å². The van der Waals surface area contributed by atoms with Crippen LogP contribution in [-0.2, 0) is 0 Å². The van der Waals surface area contributed by atoms with Gasteiger partial charge in [-0.2, -0.15) is 13.2 Å². The third kappa shape index (κ3) is 5.51. The van der Waals surface area contributed by atoms with Gasteiger partial charge in [0.2, 0.25) is 0 Å². The second kappa shape index (κ2) is 8.27. The number of hydrogen-bond donors (Lipinski definition) is 2. The van der Waals surface area contributed by atoms with E-state index in [4.69, 9.17) is 20.6 Å². The van der Waals surface area contributed by atoms with Crippen LogP contribution < -0.4 is 15.2 Å². The normalized spacial score (nSPS) is 11.4. The summed E-state index contributed by atoms with van der Waals surface area (Å²) in [7, 11) is 3.05. The molecule has 0 amide bonds. The topological polar surface area (TPSA) is 81.2 Å². The van der Waals surface area contributed by atoms with Crippen LogP contribution >= 0.6 is 0 Å². The van der Waals surface area contributed by atoms with Gasteiger partial charge in [-0.3, -0.25) is 10.4 Å². The van der Waals surface area contributed by atoms with E-state index in [0.717, 1.165) is 0 Å². The number of ether oxygens (including phenoxy) is 2. The van der Waals surface area contributed by atoms with Crippen molar-refractivity contribution < 1.29 is 22.6 Å². The number of allylic oxidation sites excluding steroid dienone is 1. The number of benzene rings is 1. The molecule has 2 rings (SSSR count). The number of halogens is 3. The molecule has 140 valence electrons. The van der Waals surface area contributed by atoms with E-state index >= 15 is 0 Å². The Bertz CT molecular complexity index is 919. The van der Waals surface area contributed by atoms with Crippen molar-refractivity contribution in [3.8, 4) is 23.3 Å². The molecule has 1 aromatic carbocycles. The monoisotopic (exact) mass is 375 g/mol. The van der Waals surface area contributed by atoms with Crippen molar-refractivity contribution in [3.63, 3.8) is 0 Å². The summed E-state index contributed by atoms with van der Waals surface area (Å²) in [5.41, 5.74) is 5.02. The summed E-state index contributed by atoms with van der Waals surface area (Å²) in [6, 6.07) is 8.18. The summed E-state index contributed by atoms with van der Waals surface area (Å²) >= 11 is 0. The van der Waals surface area contributed by atoms with E-state index in [1.165, 1.54) is 26.5 Å². The van der Waals surface area contributed by atoms with Crippen molar-refractivity contribution in [2.45, 2.75) is 6.18 Å². The minimum atomic E-state index is -4.77. The van der Waals surface area contributed by atoms with E-state index in [2.05, 4.69) is 16.8 Å². The first kappa shape index (κ1) is 19.8. The van der Waals surface area contributed by atoms with Gasteiger partial charge in [-0.05, 0) is 30.3 Å². The molecule has 1 heterocycles. The van der Waals surface area contributed by atoms with Crippen molar-refractivity contribution in [1.29, 1.82) is 5.41 Å². The summed E-state index contributed by atoms with van der Waals surface area (Å²) < 4.78 is 47.7. The van der Waals surface area contributed by atoms with Crippen LogP contribution in [0.15, 0.2) is 42.6 Å². The Morgan fingerprint density at radius 2 is 1.67 bits per heavy atom. The molecule has 0 bridgehead atoms. The van der Waals surface area contributed by atoms with E-state index in [0.29, 0.717) is 28.7 Å². The third-order valence-corrected chi connectivity index (χ3v) is 3.36. The van der Waals surface area contributed by atoms with Crippen molar-refractivity contribution in [2.75, 3.05) is 14.2 Å². The number of pyridine rings is 1. The number of rotatable bonds is 4. The van der Waals surface area contributed by atoms with Gasteiger partial charge in [0.25, 0.3) is 0 Å². The van der Waals surface area contributed by atoms with Crippen LogP contribution in [0.3, 0.4) is 0 Å². The number of nitrogens with zero attached hydrogens (tertiary/aromatic N) is 1. The molecule has 8 heteroatoms. The predicted octanol–water partition coefficient (Wildman–Crippen LogP) is 3.38.